The Kier molecular flexibility index (Phi) is 2.78. The summed E-state index contributed by atoms with van der Waals surface area (Å²) in [5, 5.41) is 9.49. The molecule has 1 aromatic carbocycles. The monoisotopic (exact) mass is 340 g/mol. The highest BCUT2D eigenvalue weighted by molar-refractivity contribution is 9.10. The van der Waals surface area contributed by atoms with Gasteiger partial charge in [0, 0.05) is 16.9 Å². The predicted molar refractivity (Wildman–Crippen MR) is 81.5 cm³/mol. The molecular weight excluding hydrogens is 332 g/mol. The van der Waals surface area contributed by atoms with Crippen LogP contribution in [-0.2, 0) is 0 Å². The molecule has 0 N–H and O–H groups in total. The number of halogens is 1. The van der Waals surface area contributed by atoms with Gasteiger partial charge in [-0.2, -0.15) is 10.2 Å². The standard InChI is InChI=1S/C14H9BrN6/c15-10-3-1-4-11(7-10)21-14-12(8-19-21)13(16-9-17-14)20-6-2-5-18-20/h1-9H. The van der Waals surface area contributed by atoms with Gasteiger partial charge >= 0.3 is 0 Å². The highest BCUT2D eigenvalue weighted by Crippen LogP contribution is 2.22. The summed E-state index contributed by atoms with van der Waals surface area (Å²) in [7, 11) is 0. The number of hydrogen-bond donors (Lipinski definition) is 0. The van der Waals surface area contributed by atoms with E-state index < -0.39 is 0 Å². The van der Waals surface area contributed by atoms with Crippen molar-refractivity contribution in [2.45, 2.75) is 0 Å². The van der Waals surface area contributed by atoms with E-state index in [0.29, 0.717) is 5.82 Å². The van der Waals surface area contributed by atoms with Gasteiger partial charge in [-0.15, -0.1) is 0 Å². The quantitative estimate of drug-likeness (QED) is 0.563. The van der Waals surface area contributed by atoms with Gasteiger partial charge in [0.2, 0.25) is 0 Å². The minimum Gasteiger partial charge on any atom is -0.222 e. The first-order valence-electron chi connectivity index (χ1n) is 6.27. The number of hydrogen-bond acceptors (Lipinski definition) is 4. The van der Waals surface area contributed by atoms with Crippen molar-refractivity contribution in [1.82, 2.24) is 29.5 Å². The second kappa shape index (κ2) is 4.78. The van der Waals surface area contributed by atoms with Gasteiger partial charge in [0.1, 0.15) is 6.33 Å². The van der Waals surface area contributed by atoms with E-state index in [1.165, 1.54) is 6.33 Å². The van der Waals surface area contributed by atoms with E-state index in [1.807, 2.05) is 36.5 Å². The first kappa shape index (κ1) is 12.2. The van der Waals surface area contributed by atoms with Gasteiger partial charge in [0.05, 0.1) is 17.3 Å². The average molecular weight is 341 g/mol. The fraction of sp³-hybridized carbons (Fsp3) is 0. The molecule has 0 aliphatic rings. The third kappa shape index (κ3) is 2.02. The lowest BCUT2D eigenvalue weighted by molar-refractivity contribution is 0.848. The number of rotatable bonds is 2. The zero-order chi connectivity index (χ0) is 14.2. The SMILES string of the molecule is Brc1cccc(-n2ncc3c(-n4cccn4)ncnc32)c1. The molecule has 21 heavy (non-hydrogen) atoms. The van der Waals surface area contributed by atoms with Crippen molar-refractivity contribution < 1.29 is 0 Å². The molecule has 4 aromatic rings. The summed E-state index contributed by atoms with van der Waals surface area (Å²) >= 11 is 3.47. The first-order chi connectivity index (χ1) is 10.3. The molecular formula is C14H9BrN6. The largest absolute Gasteiger partial charge is 0.222 e. The number of benzene rings is 1. The molecule has 102 valence electrons. The Labute approximate surface area is 128 Å². The Morgan fingerprint density at radius 1 is 1.05 bits per heavy atom. The molecule has 0 amide bonds. The van der Waals surface area contributed by atoms with E-state index in [9.17, 15) is 0 Å². The van der Waals surface area contributed by atoms with Gasteiger partial charge in [-0.25, -0.2) is 19.3 Å². The van der Waals surface area contributed by atoms with Gasteiger partial charge in [0.25, 0.3) is 0 Å². The van der Waals surface area contributed by atoms with Crippen molar-refractivity contribution in [3.05, 3.63) is 59.7 Å². The fourth-order valence-electron chi connectivity index (χ4n) is 2.21. The third-order valence-electron chi connectivity index (χ3n) is 3.12. The zero-order valence-electron chi connectivity index (χ0n) is 10.8. The maximum Gasteiger partial charge on any atom is 0.168 e. The Balaban J connectivity index is 1.96. The van der Waals surface area contributed by atoms with E-state index in [1.54, 1.807) is 21.8 Å². The van der Waals surface area contributed by atoms with Crippen LogP contribution < -0.4 is 0 Å². The topological polar surface area (TPSA) is 61.4 Å². The van der Waals surface area contributed by atoms with Crippen LogP contribution >= 0.6 is 15.9 Å². The molecule has 0 unspecified atom stereocenters. The molecule has 4 rings (SSSR count). The molecule has 3 aromatic heterocycles. The van der Waals surface area contributed by atoms with Crippen LogP contribution in [0.25, 0.3) is 22.5 Å². The average Bonchev–Trinajstić information content (AvgIpc) is 3.16. The van der Waals surface area contributed by atoms with Gasteiger partial charge in [-0.3, -0.25) is 0 Å². The number of aromatic nitrogens is 6. The summed E-state index contributed by atoms with van der Waals surface area (Å²) in [6, 6.07) is 9.75. The highest BCUT2D eigenvalue weighted by atomic mass is 79.9. The zero-order valence-corrected chi connectivity index (χ0v) is 12.3. The lowest BCUT2D eigenvalue weighted by atomic mass is 10.3. The Hall–Kier alpha value is -2.54. The summed E-state index contributed by atoms with van der Waals surface area (Å²) in [4.78, 5) is 8.65. The Bertz CT molecular complexity index is 912. The van der Waals surface area contributed by atoms with Gasteiger partial charge in [-0.1, -0.05) is 22.0 Å². The lowest BCUT2D eigenvalue weighted by Crippen LogP contribution is -2.01. The van der Waals surface area contributed by atoms with E-state index in [0.717, 1.165) is 21.2 Å². The summed E-state index contributed by atoms with van der Waals surface area (Å²) < 4.78 is 4.48. The van der Waals surface area contributed by atoms with Crippen LogP contribution in [0, 0.1) is 0 Å². The van der Waals surface area contributed by atoms with Crippen molar-refractivity contribution in [1.29, 1.82) is 0 Å². The van der Waals surface area contributed by atoms with Gasteiger partial charge < -0.3 is 0 Å². The molecule has 0 fully saturated rings. The minimum atomic E-state index is 0.714. The van der Waals surface area contributed by atoms with Crippen LogP contribution in [0.5, 0.6) is 0 Å². The second-order valence-electron chi connectivity index (χ2n) is 4.42. The normalized spacial score (nSPS) is 11.1. The van der Waals surface area contributed by atoms with Crippen LogP contribution in [0.2, 0.25) is 0 Å². The van der Waals surface area contributed by atoms with Crippen molar-refractivity contribution in [2.75, 3.05) is 0 Å². The van der Waals surface area contributed by atoms with Crippen LogP contribution in [0.1, 0.15) is 0 Å². The van der Waals surface area contributed by atoms with Crippen molar-refractivity contribution in [3.63, 3.8) is 0 Å². The van der Waals surface area contributed by atoms with Crippen LogP contribution in [0.4, 0.5) is 0 Å². The Morgan fingerprint density at radius 3 is 2.81 bits per heavy atom. The molecule has 0 aliphatic carbocycles. The molecule has 0 aliphatic heterocycles. The molecule has 0 bridgehead atoms. The fourth-order valence-corrected chi connectivity index (χ4v) is 2.59. The van der Waals surface area contributed by atoms with Crippen molar-refractivity contribution in [3.8, 4) is 11.5 Å². The molecule has 0 atom stereocenters. The van der Waals surface area contributed by atoms with E-state index in [2.05, 4.69) is 36.1 Å². The lowest BCUT2D eigenvalue weighted by Gasteiger charge is -2.04. The molecule has 7 heteroatoms. The molecule has 6 nitrogen and oxygen atoms in total. The minimum absolute atomic E-state index is 0.714. The first-order valence-corrected chi connectivity index (χ1v) is 7.07. The molecule has 0 spiro atoms. The highest BCUT2D eigenvalue weighted by Gasteiger charge is 2.12. The maximum atomic E-state index is 4.43. The summed E-state index contributed by atoms with van der Waals surface area (Å²) in [5.74, 6) is 0.714. The van der Waals surface area contributed by atoms with Gasteiger partial charge in [0.15, 0.2) is 11.5 Å². The van der Waals surface area contributed by atoms with Crippen molar-refractivity contribution in [2.24, 2.45) is 0 Å². The van der Waals surface area contributed by atoms with E-state index in [-0.39, 0.29) is 0 Å². The third-order valence-corrected chi connectivity index (χ3v) is 3.61. The predicted octanol–water partition coefficient (Wildman–Crippen LogP) is 2.76. The molecule has 3 heterocycles. The molecule has 0 saturated heterocycles. The second-order valence-corrected chi connectivity index (χ2v) is 5.34. The number of fused-ring (bicyclic) bond motifs is 1. The van der Waals surface area contributed by atoms with Crippen molar-refractivity contribution >= 4 is 27.0 Å². The smallest absolute Gasteiger partial charge is 0.168 e. The Morgan fingerprint density at radius 2 is 2.00 bits per heavy atom. The maximum absolute atomic E-state index is 4.43. The number of nitrogens with zero attached hydrogens (tertiary/aromatic N) is 6. The van der Waals surface area contributed by atoms with E-state index in [4.69, 9.17) is 0 Å². The summed E-state index contributed by atoms with van der Waals surface area (Å²) in [5.41, 5.74) is 1.68. The van der Waals surface area contributed by atoms with Crippen LogP contribution in [0.3, 0.4) is 0 Å². The van der Waals surface area contributed by atoms with E-state index >= 15 is 0 Å². The summed E-state index contributed by atoms with van der Waals surface area (Å²) in [6.07, 6.45) is 6.84. The van der Waals surface area contributed by atoms with Crippen LogP contribution in [0.15, 0.2) is 59.7 Å². The summed E-state index contributed by atoms with van der Waals surface area (Å²) in [6.45, 7) is 0. The van der Waals surface area contributed by atoms with Gasteiger partial charge in [-0.05, 0) is 24.3 Å². The van der Waals surface area contributed by atoms with Crippen LogP contribution in [-0.4, -0.2) is 29.5 Å². The molecule has 0 radical (unpaired) electrons. The molecule has 0 saturated carbocycles.